The molecule has 7 heteroatoms. The standard InChI is InChI=1S/C16H19NO6/c1-10-7-17(8-13(10)16(20)21)15(19)11-4-3-5-12(6-11)23-9-14(18)22-2/h3-6,10,13H,7-9H2,1-2H3,(H,20,21)/t10-,13-/m1/s1. The van der Waals surface area contributed by atoms with Gasteiger partial charge in [-0.3, -0.25) is 9.59 Å². The highest BCUT2D eigenvalue weighted by atomic mass is 16.6. The van der Waals surface area contributed by atoms with Crippen molar-refractivity contribution in [1.82, 2.24) is 4.90 Å². The van der Waals surface area contributed by atoms with Gasteiger partial charge in [-0.05, 0) is 24.1 Å². The van der Waals surface area contributed by atoms with Crippen molar-refractivity contribution in [3.8, 4) is 5.75 Å². The highest BCUT2D eigenvalue weighted by Crippen LogP contribution is 2.25. The van der Waals surface area contributed by atoms with Crippen molar-refractivity contribution in [2.75, 3.05) is 26.8 Å². The van der Waals surface area contributed by atoms with Gasteiger partial charge in [-0.1, -0.05) is 13.0 Å². The molecular formula is C16H19NO6. The van der Waals surface area contributed by atoms with E-state index in [4.69, 9.17) is 9.84 Å². The molecule has 1 heterocycles. The van der Waals surface area contributed by atoms with E-state index in [0.717, 1.165) is 0 Å². The van der Waals surface area contributed by atoms with Crippen LogP contribution >= 0.6 is 0 Å². The quantitative estimate of drug-likeness (QED) is 0.814. The molecular weight excluding hydrogens is 302 g/mol. The molecule has 23 heavy (non-hydrogen) atoms. The van der Waals surface area contributed by atoms with Crippen LogP contribution in [0.25, 0.3) is 0 Å². The summed E-state index contributed by atoms with van der Waals surface area (Å²) in [6.45, 7) is 2.18. The number of hydrogen-bond acceptors (Lipinski definition) is 5. The molecule has 2 rings (SSSR count). The fraction of sp³-hybridized carbons (Fsp3) is 0.438. The van der Waals surface area contributed by atoms with Crippen molar-refractivity contribution in [3.05, 3.63) is 29.8 Å². The van der Waals surface area contributed by atoms with Crippen LogP contribution in [0.4, 0.5) is 0 Å². The van der Waals surface area contributed by atoms with Crippen LogP contribution in [0.15, 0.2) is 24.3 Å². The van der Waals surface area contributed by atoms with E-state index in [9.17, 15) is 14.4 Å². The van der Waals surface area contributed by atoms with Crippen LogP contribution in [-0.2, 0) is 14.3 Å². The summed E-state index contributed by atoms with van der Waals surface area (Å²) in [6, 6.07) is 6.44. The molecule has 1 saturated heterocycles. The summed E-state index contributed by atoms with van der Waals surface area (Å²) < 4.78 is 9.74. The van der Waals surface area contributed by atoms with Crippen molar-refractivity contribution < 1.29 is 29.0 Å². The van der Waals surface area contributed by atoms with Gasteiger partial charge in [-0.25, -0.2) is 4.79 Å². The topological polar surface area (TPSA) is 93.1 Å². The van der Waals surface area contributed by atoms with Gasteiger partial charge in [0.15, 0.2) is 6.61 Å². The SMILES string of the molecule is COC(=O)COc1cccc(C(=O)N2C[C@@H](C)[C@H](C(=O)O)C2)c1. The first kappa shape index (κ1) is 16.8. The fourth-order valence-corrected chi connectivity index (χ4v) is 2.56. The summed E-state index contributed by atoms with van der Waals surface area (Å²) in [5.74, 6) is -1.90. The number of esters is 1. The molecule has 1 N–H and O–H groups in total. The predicted molar refractivity (Wildman–Crippen MR) is 80.1 cm³/mol. The number of likely N-dealkylation sites (tertiary alicyclic amines) is 1. The molecule has 0 spiro atoms. The van der Waals surface area contributed by atoms with Gasteiger partial charge in [0.25, 0.3) is 5.91 Å². The molecule has 2 atom stereocenters. The maximum Gasteiger partial charge on any atom is 0.343 e. The monoisotopic (exact) mass is 321 g/mol. The Morgan fingerprint density at radius 1 is 1.30 bits per heavy atom. The zero-order valence-corrected chi connectivity index (χ0v) is 13.0. The largest absolute Gasteiger partial charge is 0.482 e. The number of amides is 1. The molecule has 1 aliphatic rings. The van der Waals surface area contributed by atoms with E-state index in [0.29, 0.717) is 17.9 Å². The number of rotatable bonds is 5. The Morgan fingerprint density at radius 3 is 2.65 bits per heavy atom. The van der Waals surface area contributed by atoms with E-state index < -0.39 is 17.9 Å². The van der Waals surface area contributed by atoms with E-state index in [1.807, 2.05) is 6.92 Å². The third kappa shape index (κ3) is 4.00. The summed E-state index contributed by atoms with van der Waals surface area (Å²) in [4.78, 5) is 36.2. The zero-order valence-electron chi connectivity index (χ0n) is 13.0. The molecule has 1 aliphatic heterocycles. The second kappa shape index (κ2) is 7.13. The number of carbonyl (C=O) groups is 3. The first-order chi connectivity index (χ1) is 10.9. The van der Waals surface area contributed by atoms with Crippen LogP contribution in [0.3, 0.4) is 0 Å². The van der Waals surface area contributed by atoms with E-state index in [-0.39, 0.29) is 25.0 Å². The molecule has 0 bridgehead atoms. The molecule has 1 fully saturated rings. The summed E-state index contributed by atoms with van der Waals surface area (Å²) in [6.07, 6.45) is 0. The van der Waals surface area contributed by atoms with Crippen molar-refractivity contribution >= 4 is 17.8 Å². The summed E-state index contributed by atoms with van der Waals surface area (Å²) >= 11 is 0. The number of methoxy groups -OCH3 is 1. The minimum absolute atomic E-state index is 0.0878. The average molecular weight is 321 g/mol. The number of ether oxygens (including phenoxy) is 2. The molecule has 124 valence electrons. The maximum atomic E-state index is 12.5. The van der Waals surface area contributed by atoms with Crippen molar-refractivity contribution in [2.24, 2.45) is 11.8 Å². The summed E-state index contributed by atoms with van der Waals surface area (Å²) in [7, 11) is 1.26. The Hall–Kier alpha value is -2.57. The molecule has 1 aromatic rings. The zero-order chi connectivity index (χ0) is 17.0. The van der Waals surface area contributed by atoms with Gasteiger partial charge in [0, 0.05) is 18.7 Å². The van der Waals surface area contributed by atoms with Crippen molar-refractivity contribution in [3.63, 3.8) is 0 Å². The minimum atomic E-state index is -0.886. The molecule has 1 amide bonds. The number of hydrogen-bond donors (Lipinski definition) is 1. The minimum Gasteiger partial charge on any atom is -0.482 e. The number of nitrogens with zero attached hydrogens (tertiary/aromatic N) is 1. The van der Waals surface area contributed by atoms with Crippen LogP contribution in [0.5, 0.6) is 5.75 Å². The van der Waals surface area contributed by atoms with Crippen LogP contribution in [-0.4, -0.2) is 54.7 Å². The van der Waals surface area contributed by atoms with E-state index in [2.05, 4.69) is 4.74 Å². The predicted octanol–water partition coefficient (Wildman–Crippen LogP) is 1.03. The van der Waals surface area contributed by atoms with Crippen LogP contribution in [0.1, 0.15) is 17.3 Å². The van der Waals surface area contributed by atoms with Gasteiger partial charge in [0.2, 0.25) is 0 Å². The van der Waals surface area contributed by atoms with Crippen LogP contribution in [0, 0.1) is 11.8 Å². The average Bonchev–Trinajstić information content (AvgIpc) is 2.94. The van der Waals surface area contributed by atoms with Crippen molar-refractivity contribution in [2.45, 2.75) is 6.92 Å². The van der Waals surface area contributed by atoms with Gasteiger partial charge >= 0.3 is 11.9 Å². The maximum absolute atomic E-state index is 12.5. The highest BCUT2D eigenvalue weighted by molar-refractivity contribution is 5.95. The Bertz CT molecular complexity index is 614. The number of carbonyl (C=O) groups excluding carboxylic acids is 2. The van der Waals surface area contributed by atoms with E-state index in [1.54, 1.807) is 18.2 Å². The lowest BCUT2D eigenvalue weighted by Gasteiger charge is -2.16. The van der Waals surface area contributed by atoms with Gasteiger partial charge in [-0.2, -0.15) is 0 Å². The van der Waals surface area contributed by atoms with Gasteiger partial charge in [0.05, 0.1) is 13.0 Å². The third-order valence-electron chi connectivity index (χ3n) is 3.88. The van der Waals surface area contributed by atoms with Gasteiger partial charge in [0.1, 0.15) is 5.75 Å². The molecule has 0 aliphatic carbocycles. The normalized spacial score (nSPS) is 20.2. The number of benzene rings is 1. The molecule has 0 saturated carbocycles. The Balaban J connectivity index is 2.05. The Morgan fingerprint density at radius 2 is 2.04 bits per heavy atom. The van der Waals surface area contributed by atoms with Crippen LogP contribution in [0.2, 0.25) is 0 Å². The smallest absolute Gasteiger partial charge is 0.343 e. The van der Waals surface area contributed by atoms with Crippen LogP contribution < -0.4 is 4.74 Å². The lowest BCUT2D eigenvalue weighted by molar-refractivity contribution is -0.143. The second-order valence-electron chi connectivity index (χ2n) is 5.52. The first-order valence-corrected chi connectivity index (χ1v) is 7.24. The Kier molecular flexibility index (Phi) is 5.20. The third-order valence-corrected chi connectivity index (χ3v) is 3.88. The van der Waals surface area contributed by atoms with Gasteiger partial charge < -0.3 is 19.5 Å². The van der Waals surface area contributed by atoms with Crippen molar-refractivity contribution in [1.29, 1.82) is 0 Å². The second-order valence-corrected chi connectivity index (χ2v) is 5.52. The number of aliphatic carboxylic acids is 1. The lowest BCUT2D eigenvalue weighted by atomic mass is 9.99. The Labute approximate surface area is 133 Å². The lowest BCUT2D eigenvalue weighted by Crippen LogP contribution is -2.29. The molecule has 0 unspecified atom stereocenters. The fourth-order valence-electron chi connectivity index (χ4n) is 2.56. The molecule has 1 aromatic carbocycles. The highest BCUT2D eigenvalue weighted by Gasteiger charge is 2.37. The van der Waals surface area contributed by atoms with E-state index >= 15 is 0 Å². The summed E-state index contributed by atoms with van der Waals surface area (Å²) in [5, 5.41) is 9.14. The molecule has 0 radical (unpaired) electrons. The molecule has 0 aromatic heterocycles. The summed E-state index contributed by atoms with van der Waals surface area (Å²) in [5.41, 5.74) is 0.394. The van der Waals surface area contributed by atoms with E-state index in [1.165, 1.54) is 18.1 Å². The first-order valence-electron chi connectivity index (χ1n) is 7.24. The molecule has 7 nitrogen and oxygen atoms in total. The van der Waals surface area contributed by atoms with Gasteiger partial charge in [-0.15, -0.1) is 0 Å². The number of carboxylic acids is 1. The number of carboxylic acid groups (broad SMARTS) is 1.